The van der Waals surface area contributed by atoms with Crippen LogP contribution in [0.15, 0.2) is 0 Å². The van der Waals surface area contributed by atoms with Crippen molar-refractivity contribution in [3.8, 4) is 0 Å². The van der Waals surface area contributed by atoms with Crippen molar-refractivity contribution in [2.45, 2.75) is 269 Å². The van der Waals surface area contributed by atoms with Crippen molar-refractivity contribution in [3.63, 3.8) is 0 Å². The largest absolute Gasteiger partial charge is 0.443 e. The molecule has 1 saturated carbocycles. The van der Waals surface area contributed by atoms with E-state index in [1.807, 2.05) is 41.5 Å². The molecule has 0 bridgehead atoms. The van der Waals surface area contributed by atoms with Crippen LogP contribution in [0.25, 0.3) is 0 Å². The third kappa shape index (κ3) is 15.0. The van der Waals surface area contributed by atoms with Crippen LogP contribution in [0.3, 0.4) is 0 Å². The van der Waals surface area contributed by atoms with E-state index < -0.39 is 89.6 Å². The van der Waals surface area contributed by atoms with E-state index >= 15 is 14.4 Å². The van der Waals surface area contributed by atoms with Gasteiger partial charge in [-0.3, -0.25) is 28.8 Å². The first-order valence-corrected chi connectivity index (χ1v) is 24.1. The molecule has 0 amide bonds. The van der Waals surface area contributed by atoms with Crippen LogP contribution in [-0.4, -0.2) is 85.7 Å². The highest BCUT2D eigenvalue weighted by molar-refractivity contribution is 6.10. The van der Waals surface area contributed by atoms with Crippen molar-refractivity contribution in [2.24, 2.45) is 0 Å². The minimum atomic E-state index is -3.39. The minimum Gasteiger partial charge on any atom is -0.443 e. The van der Waals surface area contributed by atoms with E-state index in [0.717, 1.165) is 70.6 Å². The SMILES string of the molecule is CCCCCCC(=O)OC1(C(=O)CCCCCC)[C@@](OC(=O)CCCCCC)(C(=O)CCCCCC)[C@@H](O)C(O)[C@@H](O)[C@@]1(OC(=O)CCCCCC)C(=O)CCCCCC. The zero-order valence-corrected chi connectivity index (χ0v) is 38.5. The number of ether oxygens (including phenoxy) is 3. The number of rotatable bonds is 36. The summed E-state index contributed by atoms with van der Waals surface area (Å²) in [4.78, 5) is 89.2. The molecule has 0 heterocycles. The zero-order chi connectivity index (χ0) is 45.0. The lowest BCUT2D eigenvalue weighted by molar-refractivity contribution is -0.324. The van der Waals surface area contributed by atoms with Crippen LogP contribution in [0.1, 0.15) is 234 Å². The number of hydrogen-bond donors (Lipinski definition) is 3. The van der Waals surface area contributed by atoms with E-state index in [1.54, 1.807) is 0 Å². The van der Waals surface area contributed by atoms with Gasteiger partial charge < -0.3 is 29.5 Å². The summed E-state index contributed by atoms with van der Waals surface area (Å²) < 4.78 is 18.8. The fraction of sp³-hybridized carbons (Fsp3) is 0.875. The number of Topliss-reactive ketones (excluding diaryl/α,β-unsaturated/α-hetero) is 3. The molecule has 0 aliphatic heterocycles. The van der Waals surface area contributed by atoms with Gasteiger partial charge in [-0.2, -0.15) is 0 Å². The Morgan fingerprint density at radius 1 is 0.350 bits per heavy atom. The molecule has 1 fully saturated rings. The second kappa shape index (κ2) is 30.4. The van der Waals surface area contributed by atoms with Gasteiger partial charge in [0.2, 0.25) is 11.2 Å². The average molecular weight is 853 g/mol. The second-order valence-corrected chi connectivity index (χ2v) is 17.1. The van der Waals surface area contributed by atoms with Crippen molar-refractivity contribution < 1.29 is 58.3 Å². The first kappa shape index (κ1) is 55.3. The maximum absolute atomic E-state index is 15.7. The first-order chi connectivity index (χ1) is 28.8. The molecule has 348 valence electrons. The highest BCUT2D eigenvalue weighted by atomic mass is 16.7. The number of carbonyl (C=O) groups excluding carboxylic acids is 6. The van der Waals surface area contributed by atoms with Gasteiger partial charge in [0, 0.05) is 38.5 Å². The van der Waals surface area contributed by atoms with Crippen LogP contribution in [0.5, 0.6) is 0 Å². The summed E-state index contributed by atoms with van der Waals surface area (Å²) in [7, 11) is 0. The minimum absolute atomic E-state index is 0.175. The summed E-state index contributed by atoms with van der Waals surface area (Å²) in [6.07, 6.45) is 4.76. The Bertz CT molecular complexity index is 1210. The Labute approximate surface area is 362 Å². The van der Waals surface area contributed by atoms with Crippen LogP contribution >= 0.6 is 0 Å². The van der Waals surface area contributed by atoms with Gasteiger partial charge in [0.1, 0.15) is 18.3 Å². The molecular weight excluding hydrogens is 769 g/mol. The number of esters is 3. The normalized spacial score (nSPS) is 23.9. The van der Waals surface area contributed by atoms with Crippen LogP contribution in [0.2, 0.25) is 0 Å². The number of unbranched alkanes of at least 4 members (excludes halogenated alkanes) is 18. The summed E-state index contributed by atoms with van der Waals surface area (Å²) in [5.41, 5.74) is -9.95. The summed E-state index contributed by atoms with van der Waals surface area (Å²) in [6.45, 7) is 11.9. The lowest BCUT2D eigenvalue weighted by atomic mass is 9.53. The van der Waals surface area contributed by atoms with Crippen molar-refractivity contribution in [1.82, 2.24) is 0 Å². The zero-order valence-electron chi connectivity index (χ0n) is 38.5. The number of carbonyl (C=O) groups is 6. The highest BCUT2D eigenvalue weighted by Crippen LogP contribution is 2.55. The van der Waals surface area contributed by atoms with Crippen molar-refractivity contribution in [1.29, 1.82) is 0 Å². The molecule has 1 aliphatic rings. The number of aliphatic hydroxyl groups excluding tert-OH is 3. The Balaban J connectivity index is 4.60. The molecule has 0 aromatic heterocycles. The fourth-order valence-electron chi connectivity index (χ4n) is 8.53. The van der Waals surface area contributed by atoms with E-state index in [4.69, 9.17) is 14.2 Å². The summed E-state index contributed by atoms with van der Waals surface area (Å²) >= 11 is 0. The van der Waals surface area contributed by atoms with Gasteiger partial charge in [-0.1, -0.05) is 157 Å². The lowest BCUT2D eigenvalue weighted by Gasteiger charge is -2.61. The van der Waals surface area contributed by atoms with Gasteiger partial charge in [-0.15, -0.1) is 0 Å². The maximum Gasteiger partial charge on any atom is 0.307 e. The molecule has 1 rings (SSSR count). The van der Waals surface area contributed by atoms with Crippen LogP contribution in [0.4, 0.5) is 0 Å². The van der Waals surface area contributed by atoms with E-state index in [2.05, 4.69) is 0 Å². The average Bonchev–Trinajstić information content (AvgIpc) is 3.23. The molecule has 0 saturated heterocycles. The maximum atomic E-state index is 15.7. The van der Waals surface area contributed by atoms with E-state index in [0.29, 0.717) is 64.2 Å². The molecule has 12 nitrogen and oxygen atoms in total. The van der Waals surface area contributed by atoms with Crippen LogP contribution in [-0.2, 0) is 43.0 Å². The number of hydrogen-bond acceptors (Lipinski definition) is 12. The van der Waals surface area contributed by atoms with E-state index in [1.165, 1.54) is 0 Å². The summed E-state index contributed by atoms with van der Waals surface area (Å²) in [6, 6.07) is 0. The Morgan fingerprint density at radius 2 is 0.600 bits per heavy atom. The van der Waals surface area contributed by atoms with Gasteiger partial charge in [0.05, 0.1) is 0 Å². The molecule has 0 radical (unpaired) electrons. The van der Waals surface area contributed by atoms with Gasteiger partial charge >= 0.3 is 17.9 Å². The summed E-state index contributed by atoms with van der Waals surface area (Å²) in [5, 5.41) is 36.9. The van der Waals surface area contributed by atoms with Gasteiger partial charge in [-0.05, 0) is 38.5 Å². The Morgan fingerprint density at radius 3 is 0.883 bits per heavy atom. The van der Waals surface area contributed by atoms with Crippen LogP contribution < -0.4 is 0 Å². The Kier molecular flexibility index (Phi) is 28.0. The molecule has 3 N–H and O–H groups in total. The van der Waals surface area contributed by atoms with E-state index in [-0.39, 0.29) is 38.5 Å². The predicted molar refractivity (Wildman–Crippen MR) is 232 cm³/mol. The predicted octanol–water partition coefficient (Wildman–Crippen LogP) is 9.46. The molecular formula is C48H84O12. The number of ketones is 3. The molecule has 6 atom stereocenters. The molecule has 1 aliphatic carbocycles. The molecule has 12 heteroatoms. The van der Waals surface area contributed by atoms with Crippen molar-refractivity contribution in [2.75, 3.05) is 0 Å². The first-order valence-electron chi connectivity index (χ1n) is 24.1. The van der Waals surface area contributed by atoms with Gasteiger partial charge in [0.25, 0.3) is 5.60 Å². The standard InChI is InChI=1S/C48H84O12/c1-7-13-19-25-31-37(49)46(58-40(52)34-28-22-16-10-4)44(56)43(55)45(57)47(38(50)32-26-20-14-8-2,59-41(53)35-29-23-17-11-5)48(46,39(51)33-27-21-15-9-3)60-42(54)36-30-24-18-12-6/h43-45,55-57H,7-36H2,1-6H3/t43?,44-,45+,46+,47-,48?. The third-order valence-electron chi connectivity index (χ3n) is 12.0. The van der Waals surface area contributed by atoms with E-state index in [9.17, 15) is 29.7 Å². The molecule has 2 unspecified atom stereocenters. The molecule has 60 heavy (non-hydrogen) atoms. The molecule has 0 aromatic carbocycles. The van der Waals surface area contributed by atoms with Crippen molar-refractivity contribution >= 4 is 35.3 Å². The molecule has 0 aromatic rings. The fourth-order valence-corrected chi connectivity index (χ4v) is 8.53. The lowest BCUT2D eigenvalue weighted by Crippen LogP contribution is -2.91. The van der Waals surface area contributed by atoms with Gasteiger partial charge in [0.15, 0.2) is 17.3 Å². The smallest absolute Gasteiger partial charge is 0.307 e. The topological polar surface area (TPSA) is 191 Å². The monoisotopic (exact) mass is 853 g/mol. The van der Waals surface area contributed by atoms with Gasteiger partial charge in [-0.25, -0.2) is 0 Å². The molecule has 0 spiro atoms. The van der Waals surface area contributed by atoms with Crippen molar-refractivity contribution in [3.05, 3.63) is 0 Å². The quantitative estimate of drug-likeness (QED) is 0.0308. The third-order valence-corrected chi connectivity index (χ3v) is 12.0. The number of aliphatic hydroxyl groups is 3. The highest BCUT2D eigenvalue weighted by Gasteiger charge is 2.87. The van der Waals surface area contributed by atoms with Crippen LogP contribution in [0, 0.1) is 0 Å². The summed E-state index contributed by atoms with van der Waals surface area (Å²) in [5.74, 6) is -6.37. The Hall–Kier alpha value is -2.70. The second-order valence-electron chi connectivity index (χ2n) is 17.1.